The van der Waals surface area contributed by atoms with Crippen LogP contribution in [0.3, 0.4) is 0 Å². The van der Waals surface area contributed by atoms with Crippen molar-refractivity contribution in [2.45, 2.75) is 52.1 Å². The number of H-pyrrole nitrogens is 1. The zero-order chi connectivity index (χ0) is 21.8. The largest absolute Gasteiger partial charge is 0.497 e. The van der Waals surface area contributed by atoms with Crippen molar-refractivity contribution < 1.29 is 14.6 Å². The zero-order valence-electron chi connectivity index (χ0n) is 17.3. The standard InChI is InChI=1S/C21H26N4O4S/c1-4-6-11-24-20(28)18(19(27)22-21(24)30)15-12-16(25(23-15)17(26)5-2)13-7-9-14(29-3)10-8-13/h7-10,16,28H,4-6,11-12H2,1-3H3,(H,22,27,30). The van der Waals surface area contributed by atoms with Crippen LogP contribution in [0.1, 0.15) is 56.7 Å². The van der Waals surface area contributed by atoms with Crippen molar-refractivity contribution in [1.29, 1.82) is 0 Å². The van der Waals surface area contributed by atoms with Crippen LogP contribution in [-0.4, -0.2) is 38.4 Å². The number of carbonyl (C=O) groups excluding carboxylic acids is 1. The van der Waals surface area contributed by atoms with E-state index in [0.717, 1.165) is 18.4 Å². The predicted molar refractivity (Wildman–Crippen MR) is 116 cm³/mol. The number of hydrogen-bond donors (Lipinski definition) is 2. The molecule has 30 heavy (non-hydrogen) atoms. The van der Waals surface area contributed by atoms with E-state index in [9.17, 15) is 14.7 Å². The molecule has 1 aliphatic heterocycles. The summed E-state index contributed by atoms with van der Waals surface area (Å²) in [5.41, 5.74) is 0.774. The number of nitrogens with zero attached hydrogens (tertiary/aromatic N) is 3. The highest BCUT2D eigenvalue weighted by molar-refractivity contribution is 7.71. The molecule has 3 rings (SSSR count). The minimum atomic E-state index is -0.511. The molecule has 0 saturated heterocycles. The number of hydrazone groups is 1. The molecule has 0 fully saturated rings. The molecule has 1 aromatic heterocycles. The quantitative estimate of drug-likeness (QED) is 0.655. The Kier molecular flexibility index (Phi) is 6.71. The number of nitrogens with one attached hydrogen (secondary N) is 1. The van der Waals surface area contributed by atoms with Crippen LogP contribution >= 0.6 is 12.2 Å². The van der Waals surface area contributed by atoms with Gasteiger partial charge >= 0.3 is 0 Å². The van der Waals surface area contributed by atoms with Gasteiger partial charge in [0.15, 0.2) is 4.77 Å². The van der Waals surface area contributed by atoms with Gasteiger partial charge in [-0.15, -0.1) is 0 Å². The normalized spacial score (nSPS) is 15.9. The van der Waals surface area contributed by atoms with E-state index in [1.807, 2.05) is 31.2 Å². The lowest BCUT2D eigenvalue weighted by Crippen LogP contribution is -2.26. The van der Waals surface area contributed by atoms with Crippen LogP contribution in [0, 0.1) is 4.77 Å². The fraction of sp³-hybridized carbons (Fsp3) is 0.429. The molecule has 160 valence electrons. The lowest BCUT2D eigenvalue weighted by atomic mass is 9.99. The van der Waals surface area contributed by atoms with E-state index in [1.165, 1.54) is 9.58 Å². The summed E-state index contributed by atoms with van der Waals surface area (Å²) in [6, 6.07) is 7.00. The van der Waals surface area contributed by atoms with Gasteiger partial charge in [0, 0.05) is 19.4 Å². The van der Waals surface area contributed by atoms with E-state index < -0.39 is 5.56 Å². The maximum atomic E-state index is 12.7. The van der Waals surface area contributed by atoms with Crippen molar-refractivity contribution in [1.82, 2.24) is 14.6 Å². The first-order valence-corrected chi connectivity index (χ1v) is 10.4. The van der Waals surface area contributed by atoms with Gasteiger partial charge in [0.05, 0.1) is 18.9 Å². The molecule has 0 saturated carbocycles. The molecule has 1 unspecified atom stereocenters. The molecular formula is C21H26N4O4S. The number of amides is 1. The third kappa shape index (κ3) is 4.16. The first-order chi connectivity index (χ1) is 14.4. The molecule has 1 amide bonds. The third-order valence-corrected chi connectivity index (χ3v) is 5.49. The minimum absolute atomic E-state index is 0.0598. The number of carbonyl (C=O) groups is 1. The fourth-order valence-corrected chi connectivity index (χ4v) is 3.75. The molecule has 8 nitrogen and oxygen atoms in total. The van der Waals surface area contributed by atoms with Gasteiger partial charge in [0.1, 0.15) is 11.3 Å². The number of unbranched alkanes of at least 4 members (excludes halogenated alkanes) is 1. The summed E-state index contributed by atoms with van der Waals surface area (Å²) in [6.07, 6.45) is 2.29. The third-order valence-electron chi connectivity index (χ3n) is 5.16. The fourth-order valence-electron chi connectivity index (χ4n) is 3.48. The highest BCUT2D eigenvalue weighted by Crippen LogP contribution is 2.34. The van der Waals surface area contributed by atoms with Gasteiger partial charge in [0.25, 0.3) is 5.56 Å². The van der Waals surface area contributed by atoms with Gasteiger partial charge in [0.2, 0.25) is 11.8 Å². The molecule has 0 aliphatic carbocycles. The number of aromatic nitrogens is 2. The zero-order valence-corrected chi connectivity index (χ0v) is 18.2. The van der Waals surface area contributed by atoms with E-state index in [0.29, 0.717) is 24.4 Å². The number of aromatic hydroxyl groups is 1. The predicted octanol–water partition coefficient (Wildman–Crippen LogP) is 3.51. The number of benzene rings is 1. The summed E-state index contributed by atoms with van der Waals surface area (Å²) in [5.74, 6) is 0.328. The van der Waals surface area contributed by atoms with Gasteiger partial charge in [-0.25, -0.2) is 5.01 Å². The lowest BCUT2D eigenvalue weighted by molar-refractivity contribution is -0.132. The number of ether oxygens (including phenoxy) is 1. The summed E-state index contributed by atoms with van der Waals surface area (Å²) in [7, 11) is 1.59. The Morgan fingerprint density at radius 3 is 2.63 bits per heavy atom. The Morgan fingerprint density at radius 1 is 1.33 bits per heavy atom. The average Bonchev–Trinajstić information content (AvgIpc) is 3.17. The van der Waals surface area contributed by atoms with Crippen LogP contribution in [0.25, 0.3) is 0 Å². The van der Waals surface area contributed by atoms with E-state index in [-0.39, 0.29) is 34.6 Å². The van der Waals surface area contributed by atoms with Crippen LogP contribution in [0.4, 0.5) is 0 Å². The van der Waals surface area contributed by atoms with E-state index in [4.69, 9.17) is 17.0 Å². The lowest BCUT2D eigenvalue weighted by Gasteiger charge is -2.21. The van der Waals surface area contributed by atoms with Crippen LogP contribution < -0.4 is 10.3 Å². The van der Waals surface area contributed by atoms with Crippen molar-refractivity contribution in [3.8, 4) is 11.6 Å². The van der Waals surface area contributed by atoms with Crippen molar-refractivity contribution in [2.75, 3.05) is 7.11 Å². The van der Waals surface area contributed by atoms with Gasteiger partial charge in [-0.1, -0.05) is 32.4 Å². The number of rotatable bonds is 7. The summed E-state index contributed by atoms with van der Waals surface area (Å²) in [5, 5.41) is 16.7. The van der Waals surface area contributed by atoms with Crippen molar-refractivity contribution in [3.05, 3.63) is 50.5 Å². The second-order valence-corrected chi connectivity index (χ2v) is 7.48. The first kappa shape index (κ1) is 21.8. The topological polar surface area (TPSA) is 99.9 Å². The number of hydrogen-bond acceptors (Lipinski definition) is 6. The highest BCUT2D eigenvalue weighted by atomic mass is 32.1. The molecular weight excluding hydrogens is 404 g/mol. The van der Waals surface area contributed by atoms with Crippen molar-refractivity contribution in [2.24, 2.45) is 5.10 Å². The Morgan fingerprint density at radius 2 is 2.03 bits per heavy atom. The molecule has 9 heteroatoms. The summed E-state index contributed by atoms with van der Waals surface area (Å²) in [4.78, 5) is 27.8. The Labute approximate surface area is 179 Å². The molecule has 2 N–H and O–H groups in total. The molecule has 2 aromatic rings. The van der Waals surface area contributed by atoms with Crippen molar-refractivity contribution in [3.63, 3.8) is 0 Å². The molecule has 2 heterocycles. The maximum Gasteiger partial charge on any atom is 0.264 e. The maximum absolute atomic E-state index is 12.7. The van der Waals surface area contributed by atoms with Crippen LogP contribution in [-0.2, 0) is 11.3 Å². The minimum Gasteiger partial charge on any atom is -0.497 e. The van der Waals surface area contributed by atoms with Gasteiger partial charge in [-0.05, 0) is 36.3 Å². The number of aromatic amines is 1. The molecule has 1 aliphatic rings. The van der Waals surface area contributed by atoms with Gasteiger partial charge in [-0.2, -0.15) is 5.10 Å². The van der Waals surface area contributed by atoms with Gasteiger partial charge in [-0.3, -0.25) is 19.1 Å². The summed E-state index contributed by atoms with van der Waals surface area (Å²) < 4.78 is 6.88. The van der Waals surface area contributed by atoms with Crippen molar-refractivity contribution >= 4 is 23.8 Å². The monoisotopic (exact) mass is 430 g/mol. The van der Waals surface area contributed by atoms with E-state index in [2.05, 4.69) is 10.1 Å². The van der Waals surface area contributed by atoms with E-state index in [1.54, 1.807) is 14.0 Å². The molecule has 1 aromatic carbocycles. The smallest absolute Gasteiger partial charge is 0.264 e. The summed E-state index contributed by atoms with van der Waals surface area (Å²) in [6.45, 7) is 4.27. The van der Waals surface area contributed by atoms with Crippen LogP contribution in [0.5, 0.6) is 11.6 Å². The first-order valence-electron chi connectivity index (χ1n) is 10.0. The van der Waals surface area contributed by atoms with Crippen LogP contribution in [0.15, 0.2) is 34.2 Å². The molecule has 0 radical (unpaired) electrons. The average molecular weight is 431 g/mol. The second kappa shape index (κ2) is 9.25. The Hall–Kier alpha value is -2.94. The Balaban J connectivity index is 2.05. The SMILES string of the molecule is CCCCn1c(O)c(C2=NN(C(=O)CC)C(c3ccc(OC)cc3)C2)c(=O)[nH]c1=S. The summed E-state index contributed by atoms with van der Waals surface area (Å²) >= 11 is 5.21. The molecule has 0 spiro atoms. The van der Waals surface area contributed by atoms with Gasteiger partial charge < -0.3 is 9.84 Å². The Bertz CT molecular complexity index is 1070. The van der Waals surface area contributed by atoms with E-state index >= 15 is 0 Å². The molecule has 0 bridgehead atoms. The number of methoxy groups -OCH3 is 1. The second-order valence-electron chi connectivity index (χ2n) is 7.09. The molecule has 1 atom stereocenters. The van der Waals surface area contributed by atoms with Crippen LogP contribution in [0.2, 0.25) is 0 Å². The highest BCUT2D eigenvalue weighted by Gasteiger charge is 2.35.